The zero-order valence-corrected chi connectivity index (χ0v) is 6.61. The molecular weight excluding hydrogens is 156 g/mol. The van der Waals surface area contributed by atoms with Gasteiger partial charge in [0.15, 0.2) is 0 Å². The molecule has 0 fully saturated rings. The van der Waals surface area contributed by atoms with Crippen LogP contribution >= 0.6 is 0 Å². The maximum Gasteiger partial charge on any atom is 0.250 e. The maximum absolute atomic E-state index is 10.8. The van der Waals surface area contributed by atoms with E-state index in [1.54, 1.807) is 6.92 Å². The molecule has 5 nitrogen and oxygen atoms in total. The first-order chi connectivity index (χ1) is 5.72. The SMILES string of the molecule is C=CC(=O)Nc1ncnc(C)n1. The van der Waals surface area contributed by atoms with E-state index in [2.05, 4.69) is 26.8 Å². The highest BCUT2D eigenvalue weighted by atomic mass is 16.1. The summed E-state index contributed by atoms with van der Waals surface area (Å²) in [5, 5.41) is 2.41. The standard InChI is InChI=1S/C7H8N4O/c1-3-6(12)11-7-9-4-8-5(2)10-7/h3-4H,1H2,2H3,(H,8,9,10,11,12). The Balaban J connectivity index is 2.76. The number of nitrogens with zero attached hydrogens (tertiary/aromatic N) is 3. The molecule has 0 radical (unpaired) electrons. The average Bonchev–Trinajstić information content (AvgIpc) is 2.04. The van der Waals surface area contributed by atoms with Crippen molar-refractivity contribution in [1.82, 2.24) is 15.0 Å². The van der Waals surface area contributed by atoms with Gasteiger partial charge in [0, 0.05) is 0 Å². The fourth-order valence-electron chi connectivity index (χ4n) is 0.600. The van der Waals surface area contributed by atoms with Crippen LogP contribution in [0.3, 0.4) is 0 Å². The van der Waals surface area contributed by atoms with E-state index in [9.17, 15) is 4.79 Å². The Morgan fingerprint density at radius 3 is 3.00 bits per heavy atom. The number of anilines is 1. The van der Waals surface area contributed by atoms with Crippen molar-refractivity contribution in [1.29, 1.82) is 0 Å². The van der Waals surface area contributed by atoms with Gasteiger partial charge < -0.3 is 0 Å². The van der Waals surface area contributed by atoms with E-state index in [0.29, 0.717) is 5.82 Å². The smallest absolute Gasteiger partial charge is 0.250 e. The van der Waals surface area contributed by atoms with E-state index in [1.807, 2.05) is 0 Å². The fraction of sp³-hybridized carbons (Fsp3) is 0.143. The number of carbonyl (C=O) groups excluding carboxylic acids is 1. The van der Waals surface area contributed by atoms with Crippen LogP contribution in [0.4, 0.5) is 5.95 Å². The first-order valence-electron chi connectivity index (χ1n) is 3.31. The van der Waals surface area contributed by atoms with Crippen LogP contribution in [0.25, 0.3) is 0 Å². The van der Waals surface area contributed by atoms with Crippen LogP contribution in [0, 0.1) is 6.92 Å². The molecule has 0 spiro atoms. The van der Waals surface area contributed by atoms with Gasteiger partial charge >= 0.3 is 0 Å². The number of amides is 1. The summed E-state index contributed by atoms with van der Waals surface area (Å²) in [7, 11) is 0. The second-order valence-corrected chi connectivity index (χ2v) is 2.05. The van der Waals surface area contributed by atoms with Crippen molar-refractivity contribution in [2.75, 3.05) is 5.32 Å². The molecule has 1 amide bonds. The Bertz CT molecular complexity index is 310. The van der Waals surface area contributed by atoms with Crippen LogP contribution in [0.1, 0.15) is 5.82 Å². The number of aryl methyl sites for hydroxylation is 1. The number of carbonyl (C=O) groups is 1. The van der Waals surface area contributed by atoms with Crippen molar-refractivity contribution in [3.8, 4) is 0 Å². The Hall–Kier alpha value is -1.78. The normalized spacial score (nSPS) is 9.08. The molecule has 1 rings (SSSR count). The molecule has 0 atom stereocenters. The van der Waals surface area contributed by atoms with Crippen LogP contribution in [0.5, 0.6) is 0 Å². The van der Waals surface area contributed by atoms with Gasteiger partial charge in [0.1, 0.15) is 12.2 Å². The third-order valence-electron chi connectivity index (χ3n) is 1.11. The van der Waals surface area contributed by atoms with E-state index >= 15 is 0 Å². The lowest BCUT2D eigenvalue weighted by molar-refractivity contribution is -0.111. The summed E-state index contributed by atoms with van der Waals surface area (Å²) in [6.45, 7) is 5.01. The van der Waals surface area contributed by atoms with Crippen molar-refractivity contribution in [3.05, 3.63) is 24.8 Å². The van der Waals surface area contributed by atoms with Crippen molar-refractivity contribution in [2.24, 2.45) is 0 Å². The second kappa shape index (κ2) is 3.56. The summed E-state index contributed by atoms with van der Waals surface area (Å²) < 4.78 is 0. The predicted molar refractivity (Wildman–Crippen MR) is 43.4 cm³/mol. The van der Waals surface area contributed by atoms with E-state index in [1.165, 1.54) is 6.33 Å². The van der Waals surface area contributed by atoms with E-state index in [-0.39, 0.29) is 11.9 Å². The van der Waals surface area contributed by atoms with Gasteiger partial charge in [0.05, 0.1) is 0 Å². The number of nitrogens with one attached hydrogen (secondary N) is 1. The maximum atomic E-state index is 10.8. The second-order valence-electron chi connectivity index (χ2n) is 2.05. The van der Waals surface area contributed by atoms with Gasteiger partial charge in [-0.15, -0.1) is 0 Å². The van der Waals surface area contributed by atoms with Crippen molar-refractivity contribution < 1.29 is 4.79 Å². The van der Waals surface area contributed by atoms with Gasteiger partial charge in [-0.3, -0.25) is 10.1 Å². The first-order valence-corrected chi connectivity index (χ1v) is 3.31. The molecule has 0 aliphatic carbocycles. The van der Waals surface area contributed by atoms with E-state index in [0.717, 1.165) is 6.08 Å². The molecule has 0 saturated heterocycles. The van der Waals surface area contributed by atoms with Crippen LogP contribution < -0.4 is 5.32 Å². The zero-order valence-electron chi connectivity index (χ0n) is 6.61. The third-order valence-corrected chi connectivity index (χ3v) is 1.11. The van der Waals surface area contributed by atoms with Crippen molar-refractivity contribution >= 4 is 11.9 Å². The minimum Gasteiger partial charge on any atom is -0.291 e. The lowest BCUT2D eigenvalue weighted by Crippen LogP contribution is -2.11. The molecule has 1 aromatic heterocycles. The number of hydrogen-bond acceptors (Lipinski definition) is 4. The molecule has 5 heteroatoms. The molecule has 0 aliphatic rings. The molecule has 0 aromatic carbocycles. The molecule has 62 valence electrons. The van der Waals surface area contributed by atoms with Gasteiger partial charge in [-0.2, -0.15) is 4.98 Å². The van der Waals surface area contributed by atoms with Crippen molar-refractivity contribution in [3.63, 3.8) is 0 Å². The number of hydrogen-bond donors (Lipinski definition) is 1. The molecule has 0 aliphatic heterocycles. The molecule has 0 saturated carbocycles. The highest BCUT2D eigenvalue weighted by molar-refractivity contribution is 5.97. The molecule has 0 unspecified atom stereocenters. The number of rotatable bonds is 2. The molecule has 1 N–H and O–H groups in total. The Morgan fingerprint density at radius 1 is 1.67 bits per heavy atom. The minimum absolute atomic E-state index is 0.243. The summed E-state index contributed by atoms with van der Waals surface area (Å²) >= 11 is 0. The monoisotopic (exact) mass is 164 g/mol. The quantitative estimate of drug-likeness (QED) is 0.638. The molecule has 12 heavy (non-hydrogen) atoms. The molecular formula is C7H8N4O. The largest absolute Gasteiger partial charge is 0.291 e. The highest BCUT2D eigenvalue weighted by Crippen LogP contribution is 1.95. The minimum atomic E-state index is -0.333. The van der Waals surface area contributed by atoms with Crippen molar-refractivity contribution in [2.45, 2.75) is 6.92 Å². The summed E-state index contributed by atoms with van der Waals surface area (Å²) in [5.74, 6) is 0.470. The van der Waals surface area contributed by atoms with Crippen LogP contribution in [-0.4, -0.2) is 20.9 Å². The van der Waals surface area contributed by atoms with Gasteiger partial charge in [0.25, 0.3) is 0 Å². The summed E-state index contributed by atoms with van der Waals surface area (Å²) in [6, 6.07) is 0. The van der Waals surface area contributed by atoms with Crippen LogP contribution in [0.2, 0.25) is 0 Å². The third kappa shape index (κ3) is 2.12. The highest BCUT2D eigenvalue weighted by Gasteiger charge is 1.98. The summed E-state index contributed by atoms with van der Waals surface area (Å²) in [5.41, 5.74) is 0. The fourth-order valence-corrected chi connectivity index (χ4v) is 0.600. The molecule has 1 aromatic rings. The lowest BCUT2D eigenvalue weighted by Gasteiger charge is -1.98. The molecule has 1 heterocycles. The van der Waals surface area contributed by atoms with Crippen LogP contribution in [-0.2, 0) is 4.79 Å². The summed E-state index contributed by atoms with van der Waals surface area (Å²) in [4.78, 5) is 22.1. The summed E-state index contributed by atoms with van der Waals surface area (Å²) in [6.07, 6.45) is 2.49. The Kier molecular flexibility index (Phi) is 2.47. The van der Waals surface area contributed by atoms with E-state index < -0.39 is 0 Å². The average molecular weight is 164 g/mol. The Labute approximate surface area is 69.6 Å². The van der Waals surface area contributed by atoms with E-state index in [4.69, 9.17) is 0 Å². The van der Waals surface area contributed by atoms with Gasteiger partial charge in [-0.1, -0.05) is 6.58 Å². The first kappa shape index (κ1) is 8.32. The lowest BCUT2D eigenvalue weighted by atomic mass is 10.6. The topological polar surface area (TPSA) is 67.8 Å². The van der Waals surface area contributed by atoms with Crippen LogP contribution in [0.15, 0.2) is 19.0 Å². The van der Waals surface area contributed by atoms with Gasteiger partial charge in [0.2, 0.25) is 11.9 Å². The van der Waals surface area contributed by atoms with Gasteiger partial charge in [-0.25, -0.2) is 9.97 Å². The van der Waals surface area contributed by atoms with Gasteiger partial charge in [-0.05, 0) is 13.0 Å². The zero-order chi connectivity index (χ0) is 8.97. The number of aromatic nitrogens is 3. The molecule has 0 bridgehead atoms. The predicted octanol–water partition coefficient (Wildman–Crippen LogP) is 0.305. The Morgan fingerprint density at radius 2 is 2.42 bits per heavy atom.